The van der Waals surface area contributed by atoms with Crippen molar-refractivity contribution in [3.8, 4) is 0 Å². The van der Waals surface area contributed by atoms with Crippen LogP contribution in [0.25, 0.3) is 10.9 Å². The van der Waals surface area contributed by atoms with Crippen LogP contribution in [0.3, 0.4) is 0 Å². The lowest BCUT2D eigenvalue weighted by Gasteiger charge is -2.22. The van der Waals surface area contributed by atoms with E-state index in [2.05, 4.69) is 15.6 Å². The van der Waals surface area contributed by atoms with E-state index in [1.165, 1.54) is 11.0 Å². The van der Waals surface area contributed by atoms with Crippen molar-refractivity contribution in [2.24, 2.45) is 0 Å². The minimum atomic E-state index is -0.383. The summed E-state index contributed by atoms with van der Waals surface area (Å²) in [6.07, 6.45) is 5.48. The molecule has 0 spiro atoms. The number of aromatic nitrogens is 2. The maximum Gasteiger partial charge on any atom is 0.261 e. The first-order valence-corrected chi connectivity index (χ1v) is 9.07. The molecule has 2 amide bonds. The molecular formula is C19H24N4O3. The Morgan fingerprint density at radius 1 is 1.15 bits per heavy atom. The second-order valence-electron chi connectivity index (χ2n) is 6.75. The van der Waals surface area contributed by atoms with E-state index >= 15 is 0 Å². The van der Waals surface area contributed by atoms with Gasteiger partial charge >= 0.3 is 0 Å². The topological polar surface area (TPSA) is 93.1 Å². The van der Waals surface area contributed by atoms with E-state index < -0.39 is 0 Å². The van der Waals surface area contributed by atoms with Crippen LogP contribution in [0, 0.1) is 6.92 Å². The minimum Gasteiger partial charge on any atom is -0.352 e. The van der Waals surface area contributed by atoms with Crippen LogP contribution < -0.4 is 16.2 Å². The summed E-state index contributed by atoms with van der Waals surface area (Å²) in [7, 11) is 0. The average Bonchev–Trinajstić information content (AvgIpc) is 2.64. The second-order valence-corrected chi connectivity index (χ2v) is 6.75. The number of nitrogens with one attached hydrogen (secondary N) is 2. The molecule has 0 atom stereocenters. The highest BCUT2D eigenvalue weighted by molar-refractivity contribution is 5.85. The Balaban J connectivity index is 1.59. The lowest BCUT2D eigenvalue weighted by Crippen LogP contribution is -2.44. The lowest BCUT2D eigenvalue weighted by atomic mass is 9.95. The van der Waals surface area contributed by atoms with Crippen molar-refractivity contribution in [2.75, 3.05) is 6.54 Å². The van der Waals surface area contributed by atoms with Crippen LogP contribution in [-0.2, 0) is 16.1 Å². The van der Waals surface area contributed by atoms with Crippen LogP contribution in [-0.4, -0.2) is 34.0 Å². The Kier molecular flexibility index (Phi) is 5.65. The number of aryl methyl sites for hydroxylation is 1. The molecule has 1 aromatic carbocycles. The van der Waals surface area contributed by atoms with E-state index in [-0.39, 0.29) is 36.5 Å². The van der Waals surface area contributed by atoms with E-state index in [1.807, 2.05) is 6.07 Å². The quantitative estimate of drug-likeness (QED) is 0.844. The van der Waals surface area contributed by atoms with Gasteiger partial charge < -0.3 is 10.6 Å². The van der Waals surface area contributed by atoms with Gasteiger partial charge in [-0.15, -0.1) is 0 Å². The van der Waals surface area contributed by atoms with E-state index in [4.69, 9.17) is 0 Å². The van der Waals surface area contributed by atoms with Crippen LogP contribution in [0.2, 0.25) is 0 Å². The first kappa shape index (κ1) is 18.1. The summed E-state index contributed by atoms with van der Waals surface area (Å²) < 4.78 is 1.33. The average molecular weight is 356 g/mol. The fraction of sp³-hybridized carbons (Fsp3) is 0.474. The summed E-state index contributed by atoms with van der Waals surface area (Å²) in [6.45, 7) is 1.46. The van der Waals surface area contributed by atoms with Gasteiger partial charge in [0.05, 0.1) is 17.4 Å². The second kappa shape index (κ2) is 8.12. The van der Waals surface area contributed by atoms with Crippen molar-refractivity contribution in [1.29, 1.82) is 0 Å². The highest BCUT2D eigenvalue weighted by atomic mass is 16.2. The molecule has 1 aliphatic carbocycles. The van der Waals surface area contributed by atoms with Gasteiger partial charge in [-0.2, -0.15) is 0 Å². The predicted octanol–water partition coefficient (Wildman–Crippen LogP) is 1.27. The SMILES string of the molecule is Cc1nc2ccccc2c(=O)n1CC(=O)NCC(=O)NC1CCCCC1. The van der Waals surface area contributed by atoms with Crippen LogP contribution in [0.5, 0.6) is 0 Å². The maximum atomic E-state index is 12.5. The van der Waals surface area contributed by atoms with E-state index in [0.29, 0.717) is 16.7 Å². The monoisotopic (exact) mass is 356 g/mol. The van der Waals surface area contributed by atoms with Gasteiger partial charge in [0, 0.05) is 6.04 Å². The number of carbonyl (C=O) groups is 2. The molecule has 26 heavy (non-hydrogen) atoms. The summed E-state index contributed by atoms with van der Waals surface area (Å²) >= 11 is 0. The van der Waals surface area contributed by atoms with Gasteiger partial charge in [0.1, 0.15) is 12.4 Å². The summed E-state index contributed by atoms with van der Waals surface area (Å²) in [5.74, 6) is -0.104. The largest absolute Gasteiger partial charge is 0.352 e. The molecule has 0 aliphatic heterocycles. The van der Waals surface area contributed by atoms with Crippen molar-refractivity contribution in [3.05, 3.63) is 40.4 Å². The Bertz CT molecular complexity index is 869. The van der Waals surface area contributed by atoms with E-state index in [0.717, 1.165) is 25.7 Å². The third kappa shape index (κ3) is 4.28. The molecule has 3 rings (SSSR count). The molecular weight excluding hydrogens is 332 g/mol. The highest BCUT2D eigenvalue weighted by Crippen LogP contribution is 2.17. The standard InChI is InChI=1S/C19H24N4O3/c1-13-21-16-10-6-5-9-15(16)19(26)23(13)12-18(25)20-11-17(24)22-14-7-3-2-4-8-14/h5-6,9-10,14H,2-4,7-8,11-12H2,1H3,(H,20,25)(H,22,24). The fourth-order valence-corrected chi connectivity index (χ4v) is 3.37. The van der Waals surface area contributed by atoms with Gasteiger partial charge in [0.15, 0.2) is 0 Å². The number of hydrogen-bond acceptors (Lipinski definition) is 4. The number of amides is 2. The number of rotatable bonds is 5. The normalized spacial score (nSPS) is 15.0. The van der Waals surface area contributed by atoms with Gasteiger partial charge in [0.2, 0.25) is 11.8 Å². The van der Waals surface area contributed by atoms with Crippen LogP contribution >= 0.6 is 0 Å². The Morgan fingerprint density at radius 3 is 2.65 bits per heavy atom. The molecule has 0 bridgehead atoms. The first-order valence-electron chi connectivity index (χ1n) is 9.07. The van der Waals surface area contributed by atoms with Gasteiger partial charge in [0.25, 0.3) is 5.56 Å². The zero-order valence-corrected chi connectivity index (χ0v) is 15.0. The van der Waals surface area contributed by atoms with E-state index in [1.54, 1.807) is 25.1 Å². The van der Waals surface area contributed by atoms with Crippen molar-refractivity contribution in [3.63, 3.8) is 0 Å². The number of nitrogens with zero attached hydrogens (tertiary/aromatic N) is 2. The zero-order valence-electron chi connectivity index (χ0n) is 15.0. The molecule has 0 radical (unpaired) electrons. The molecule has 1 heterocycles. The molecule has 1 fully saturated rings. The Labute approximate surface area is 151 Å². The number of carbonyl (C=O) groups excluding carboxylic acids is 2. The minimum absolute atomic E-state index is 0.0792. The van der Waals surface area contributed by atoms with Gasteiger partial charge in [-0.25, -0.2) is 4.98 Å². The van der Waals surface area contributed by atoms with Crippen LogP contribution in [0.1, 0.15) is 37.9 Å². The molecule has 1 aliphatic rings. The van der Waals surface area contributed by atoms with Gasteiger partial charge in [-0.3, -0.25) is 19.0 Å². The molecule has 2 N–H and O–H groups in total. The van der Waals surface area contributed by atoms with Gasteiger partial charge in [-0.1, -0.05) is 31.4 Å². The summed E-state index contributed by atoms with van der Waals surface area (Å²) in [6, 6.07) is 7.25. The number of fused-ring (bicyclic) bond motifs is 1. The summed E-state index contributed by atoms with van der Waals surface area (Å²) in [4.78, 5) is 41.1. The molecule has 0 saturated heterocycles. The maximum absolute atomic E-state index is 12.5. The molecule has 7 nitrogen and oxygen atoms in total. The fourth-order valence-electron chi connectivity index (χ4n) is 3.37. The molecule has 138 valence electrons. The van der Waals surface area contributed by atoms with Crippen LogP contribution in [0.15, 0.2) is 29.1 Å². The molecule has 7 heteroatoms. The first-order chi connectivity index (χ1) is 12.5. The predicted molar refractivity (Wildman–Crippen MR) is 98.8 cm³/mol. The third-order valence-corrected chi connectivity index (χ3v) is 4.77. The van der Waals surface area contributed by atoms with Crippen LogP contribution in [0.4, 0.5) is 0 Å². The number of hydrogen-bond donors (Lipinski definition) is 2. The Morgan fingerprint density at radius 2 is 1.88 bits per heavy atom. The molecule has 2 aromatic rings. The van der Waals surface area contributed by atoms with Crippen molar-refractivity contribution < 1.29 is 9.59 Å². The highest BCUT2D eigenvalue weighted by Gasteiger charge is 2.16. The van der Waals surface area contributed by atoms with E-state index in [9.17, 15) is 14.4 Å². The molecule has 1 aromatic heterocycles. The molecule has 1 saturated carbocycles. The summed E-state index contributed by atoms with van der Waals surface area (Å²) in [5.41, 5.74) is 0.355. The van der Waals surface area contributed by atoms with Crippen molar-refractivity contribution >= 4 is 22.7 Å². The van der Waals surface area contributed by atoms with Gasteiger partial charge in [-0.05, 0) is 31.9 Å². The third-order valence-electron chi connectivity index (χ3n) is 4.77. The lowest BCUT2D eigenvalue weighted by molar-refractivity contribution is -0.126. The smallest absolute Gasteiger partial charge is 0.261 e. The Hall–Kier alpha value is -2.70. The summed E-state index contributed by atoms with van der Waals surface area (Å²) in [5, 5.41) is 6.01. The number of benzene rings is 1. The molecule has 0 unspecified atom stereocenters. The zero-order chi connectivity index (χ0) is 18.5. The number of para-hydroxylation sites is 1. The van der Waals surface area contributed by atoms with Crippen molar-refractivity contribution in [2.45, 2.75) is 51.6 Å². The van der Waals surface area contributed by atoms with Crippen molar-refractivity contribution in [1.82, 2.24) is 20.2 Å².